The van der Waals surface area contributed by atoms with Crippen LogP contribution < -0.4 is 0 Å². The second-order valence-electron chi connectivity index (χ2n) is 2.37. The Morgan fingerprint density at radius 3 is 2.75 bits per heavy atom. The molecule has 12 heavy (non-hydrogen) atoms. The number of aryl methyl sites for hydroxylation is 1. The summed E-state index contributed by atoms with van der Waals surface area (Å²) >= 11 is 8.93. The maximum Gasteiger partial charge on any atom is 0.176 e. The predicted octanol–water partition coefficient (Wildman–Crippen LogP) is 3.13. The Morgan fingerprint density at radius 1 is 1.58 bits per heavy atom. The molecule has 64 valence electrons. The van der Waals surface area contributed by atoms with Gasteiger partial charge in [-0.2, -0.15) is 0 Å². The fourth-order valence-electron chi connectivity index (χ4n) is 0.841. The molecular weight excluding hydrogens is 241 g/mol. The highest BCUT2D eigenvalue weighted by Gasteiger charge is 2.04. The van der Waals surface area contributed by atoms with Crippen molar-refractivity contribution in [1.82, 2.24) is 0 Å². The Kier molecular flexibility index (Phi) is 3.12. The van der Waals surface area contributed by atoms with Gasteiger partial charge in [-0.1, -0.05) is 44.8 Å². The van der Waals surface area contributed by atoms with Crippen LogP contribution in [0.2, 0.25) is 0 Å². The van der Waals surface area contributed by atoms with Gasteiger partial charge in [-0.25, -0.2) is 0 Å². The van der Waals surface area contributed by atoms with Gasteiger partial charge in [-0.05, 0) is 18.6 Å². The summed E-state index contributed by atoms with van der Waals surface area (Å²) < 4.78 is 0.824. The van der Waals surface area contributed by atoms with Crippen molar-refractivity contribution in [2.75, 3.05) is 0 Å². The molecule has 4 heteroatoms. The van der Waals surface area contributed by atoms with Crippen molar-refractivity contribution < 1.29 is 5.21 Å². The zero-order valence-corrected chi connectivity index (χ0v) is 8.72. The molecule has 2 nitrogen and oxygen atoms in total. The third kappa shape index (κ3) is 1.99. The third-order valence-corrected chi connectivity index (χ3v) is 2.37. The topological polar surface area (TPSA) is 32.6 Å². The number of oxime groups is 1. The molecule has 0 aliphatic heterocycles. The predicted molar refractivity (Wildman–Crippen MR) is 53.1 cm³/mol. The molecule has 0 aromatic heterocycles. The van der Waals surface area contributed by atoms with Crippen molar-refractivity contribution in [1.29, 1.82) is 0 Å². The van der Waals surface area contributed by atoms with E-state index in [2.05, 4.69) is 21.1 Å². The van der Waals surface area contributed by atoms with E-state index in [1.165, 1.54) is 0 Å². The van der Waals surface area contributed by atoms with Gasteiger partial charge in [0.25, 0.3) is 0 Å². The van der Waals surface area contributed by atoms with Crippen molar-refractivity contribution in [2.45, 2.75) is 6.92 Å². The van der Waals surface area contributed by atoms with Crippen LogP contribution in [0.1, 0.15) is 11.1 Å². The molecule has 0 aliphatic carbocycles. The van der Waals surface area contributed by atoms with E-state index < -0.39 is 0 Å². The third-order valence-electron chi connectivity index (χ3n) is 1.43. The van der Waals surface area contributed by atoms with Gasteiger partial charge < -0.3 is 5.21 Å². The van der Waals surface area contributed by atoms with E-state index in [-0.39, 0.29) is 5.17 Å². The van der Waals surface area contributed by atoms with E-state index in [0.29, 0.717) is 5.56 Å². The standard InChI is InChI=1S/C8H7BrClNO/c1-5-2-3-6(7(9)4-5)8(10)11-12/h2-4,12H,1H3/b11-8+. The lowest BCUT2D eigenvalue weighted by Gasteiger charge is -2.00. The largest absolute Gasteiger partial charge is 0.410 e. The van der Waals surface area contributed by atoms with Crippen LogP contribution >= 0.6 is 27.5 Å². The highest BCUT2D eigenvalue weighted by Crippen LogP contribution is 2.20. The molecule has 0 heterocycles. The Hall–Kier alpha value is -0.540. The van der Waals surface area contributed by atoms with Crippen LogP contribution in [0, 0.1) is 6.92 Å². The minimum atomic E-state index is 0.0851. The van der Waals surface area contributed by atoms with Crippen LogP contribution in [-0.2, 0) is 0 Å². The van der Waals surface area contributed by atoms with Crippen molar-refractivity contribution in [2.24, 2.45) is 5.16 Å². The van der Waals surface area contributed by atoms with Gasteiger partial charge in [0.05, 0.1) is 0 Å². The van der Waals surface area contributed by atoms with Gasteiger partial charge in [-0.15, -0.1) is 0 Å². The molecule has 1 aromatic rings. The summed E-state index contributed by atoms with van der Waals surface area (Å²) in [7, 11) is 0. The fourth-order valence-corrected chi connectivity index (χ4v) is 1.80. The molecule has 0 saturated heterocycles. The molecule has 0 fully saturated rings. The molecule has 0 saturated carbocycles. The summed E-state index contributed by atoms with van der Waals surface area (Å²) in [5.74, 6) is 0. The van der Waals surface area contributed by atoms with Crippen molar-refractivity contribution in [3.8, 4) is 0 Å². The summed E-state index contributed by atoms with van der Waals surface area (Å²) in [4.78, 5) is 0. The number of halogens is 2. The van der Waals surface area contributed by atoms with Crippen LogP contribution in [-0.4, -0.2) is 10.4 Å². The second kappa shape index (κ2) is 3.92. The van der Waals surface area contributed by atoms with E-state index in [9.17, 15) is 0 Å². The number of hydrogen-bond acceptors (Lipinski definition) is 2. The summed E-state index contributed by atoms with van der Waals surface area (Å²) in [6.45, 7) is 1.97. The summed E-state index contributed by atoms with van der Waals surface area (Å²) in [5, 5.41) is 11.4. The number of hydrogen-bond donors (Lipinski definition) is 1. The minimum absolute atomic E-state index is 0.0851. The van der Waals surface area contributed by atoms with Gasteiger partial charge in [0.1, 0.15) is 0 Å². The van der Waals surface area contributed by atoms with Gasteiger partial charge >= 0.3 is 0 Å². The van der Waals surface area contributed by atoms with Crippen molar-refractivity contribution in [3.63, 3.8) is 0 Å². The average molecular weight is 249 g/mol. The van der Waals surface area contributed by atoms with Gasteiger partial charge in [0.15, 0.2) is 5.17 Å². The van der Waals surface area contributed by atoms with E-state index in [1.807, 2.05) is 19.1 Å². The number of benzene rings is 1. The number of nitrogens with zero attached hydrogens (tertiary/aromatic N) is 1. The van der Waals surface area contributed by atoms with Crippen molar-refractivity contribution >= 4 is 32.7 Å². The quantitative estimate of drug-likeness (QED) is 0.462. The maximum absolute atomic E-state index is 8.42. The smallest absolute Gasteiger partial charge is 0.176 e. The number of rotatable bonds is 1. The monoisotopic (exact) mass is 247 g/mol. The summed E-state index contributed by atoms with van der Waals surface area (Å²) in [6.07, 6.45) is 0. The molecular formula is C8H7BrClNO. The van der Waals surface area contributed by atoms with E-state index in [1.54, 1.807) is 6.07 Å². The first-order valence-corrected chi connectivity index (χ1v) is 4.46. The van der Waals surface area contributed by atoms with Gasteiger partial charge in [0, 0.05) is 10.0 Å². The Bertz CT molecular complexity index is 325. The SMILES string of the molecule is Cc1ccc(/C(Cl)=N\O)c(Br)c1. The lowest BCUT2D eigenvalue weighted by molar-refractivity contribution is 0.321. The molecule has 0 amide bonds. The summed E-state index contributed by atoms with van der Waals surface area (Å²) in [6, 6.07) is 5.60. The molecule has 0 radical (unpaired) electrons. The van der Waals surface area contributed by atoms with E-state index in [4.69, 9.17) is 16.8 Å². The van der Waals surface area contributed by atoms with Crippen LogP contribution in [0.25, 0.3) is 0 Å². The molecule has 1 N–H and O–H groups in total. The second-order valence-corrected chi connectivity index (χ2v) is 3.59. The Balaban J connectivity index is 3.18. The van der Waals surface area contributed by atoms with E-state index >= 15 is 0 Å². The molecule has 0 atom stereocenters. The Labute approximate surface area is 84.0 Å². The lowest BCUT2D eigenvalue weighted by atomic mass is 10.2. The summed E-state index contributed by atoms with van der Waals surface area (Å²) in [5.41, 5.74) is 1.80. The minimum Gasteiger partial charge on any atom is -0.410 e. The zero-order valence-electron chi connectivity index (χ0n) is 6.38. The van der Waals surface area contributed by atoms with Gasteiger partial charge in [-0.3, -0.25) is 0 Å². The van der Waals surface area contributed by atoms with Gasteiger partial charge in [0.2, 0.25) is 0 Å². The van der Waals surface area contributed by atoms with Crippen LogP contribution in [0.4, 0.5) is 0 Å². The molecule has 0 spiro atoms. The fraction of sp³-hybridized carbons (Fsp3) is 0.125. The molecule has 1 aromatic carbocycles. The highest BCUT2D eigenvalue weighted by molar-refractivity contribution is 9.10. The molecule has 0 bridgehead atoms. The van der Waals surface area contributed by atoms with Crippen LogP contribution in [0.3, 0.4) is 0 Å². The van der Waals surface area contributed by atoms with Crippen molar-refractivity contribution in [3.05, 3.63) is 33.8 Å². The zero-order chi connectivity index (χ0) is 9.14. The maximum atomic E-state index is 8.42. The first-order valence-electron chi connectivity index (χ1n) is 3.29. The lowest BCUT2D eigenvalue weighted by Crippen LogP contribution is -1.92. The van der Waals surface area contributed by atoms with Crippen LogP contribution in [0.5, 0.6) is 0 Å². The molecule has 0 aliphatic rings. The first kappa shape index (κ1) is 9.55. The normalized spacial score (nSPS) is 11.8. The van der Waals surface area contributed by atoms with E-state index in [0.717, 1.165) is 10.0 Å². The molecule has 0 unspecified atom stereocenters. The van der Waals surface area contributed by atoms with Crippen LogP contribution in [0.15, 0.2) is 27.8 Å². The average Bonchev–Trinajstić information content (AvgIpc) is 2.03. The first-order chi connectivity index (χ1) is 5.65. The highest BCUT2D eigenvalue weighted by atomic mass is 79.9. The molecule has 1 rings (SSSR count). The Morgan fingerprint density at radius 2 is 2.25 bits per heavy atom.